The Morgan fingerprint density at radius 1 is 0.500 bits per heavy atom. The zero-order valence-corrected chi connectivity index (χ0v) is 18.8. The zero-order chi connectivity index (χ0) is 24.1. The number of nitrogens with zero attached hydrogens (tertiary/aromatic N) is 1. The van der Waals surface area contributed by atoms with Crippen LogP contribution in [0.3, 0.4) is 0 Å². The number of amides is 1. The molecule has 5 nitrogen and oxygen atoms in total. The van der Waals surface area contributed by atoms with Gasteiger partial charge in [-0.2, -0.15) is 0 Å². The van der Waals surface area contributed by atoms with Crippen LogP contribution in [-0.4, -0.2) is 16.1 Å². The van der Waals surface area contributed by atoms with Crippen molar-refractivity contribution in [2.24, 2.45) is 0 Å². The lowest BCUT2D eigenvalue weighted by Gasteiger charge is -2.21. The average Bonchev–Trinajstić information content (AvgIpc) is 2.84. The van der Waals surface area contributed by atoms with Crippen molar-refractivity contribution >= 4 is 6.09 Å². The minimum atomic E-state index is -1.10. The van der Waals surface area contributed by atoms with Crippen LogP contribution in [-0.2, 0) is 0 Å². The van der Waals surface area contributed by atoms with E-state index in [1.54, 1.807) is 85.6 Å². The SMILES string of the molecule is O=C(O)N(C1=C/C=C/C=C\C=C\C=C\N/C=C/C=C1)C1=C/C=C/C=C\C=C\C=C\N/C=C/C=C1. The van der Waals surface area contributed by atoms with Gasteiger partial charge in [-0.3, -0.25) is 0 Å². The quantitative estimate of drug-likeness (QED) is 0.452. The topological polar surface area (TPSA) is 64.6 Å². The van der Waals surface area contributed by atoms with Gasteiger partial charge in [0.25, 0.3) is 0 Å². The summed E-state index contributed by atoms with van der Waals surface area (Å²) in [5, 5.41) is 16.1. The van der Waals surface area contributed by atoms with Gasteiger partial charge in [0.2, 0.25) is 0 Å². The molecule has 0 aromatic carbocycles. The van der Waals surface area contributed by atoms with Gasteiger partial charge in [-0.1, -0.05) is 85.1 Å². The molecule has 2 rings (SSSR count). The Labute approximate surface area is 201 Å². The molecular weight excluding hydrogens is 422 g/mol. The summed E-state index contributed by atoms with van der Waals surface area (Å²) < 4.78 is 0. The predicted molar refractivity (Wildman–Crippen MR) is 142 cm³/mol. The van der Waals surface area contributed by atoms with Crippen LogP contribution in [0.1, 0.15) is 0 Å². The summed E-state index contributed by atoms with van der Waals surface area (Å²) in [6.45, 7) is 0. The highest BCUT2D eigenvalue weighted by molar-refractivity contribution is 5.72. The summed E-state index contributed by atoms with van der Waals surface area (Å²) in [7, 11) is 0. The molecule has 2 aliphatic heterocycles. The lowest BCUT2D eigenvalue weighted by Crippen LogP contribution is -2.26. The summed E-state index contributed by atoms with van der Waals surface area (Å²) in [6, 6.07) is 0. The van der Waals surface area contributed by atoms with Gasteiger partial charge in [0.05, 0.1) is 11.4 Å². The highest BCUT2D eigenvalue weighted by Crippen LogP contribution is 2.18. The molecule has 0 saturated carbocycles. The molecule has 34 heavy (non-hydrogen) atoms. The molecule has 0 atom stereocenters. The van der Waals surface area contributed by atoms with Gasteiger partial charge >= 0.3 is 6.09 Å². The molecular formula is C29H29N3O2. The highest BCUT2D eigenvalue weighted by atomic mass is 16.4. The van der Waals surface area contributed by atoms with Crippen molar-refractivity contribution in [2.75, 3.05) is 0 Å². The molecule has 0 unspecified atom stereocenters. The Bertz CT molecular complexity index is 1000. The molecule has 3 N–H and O–H groups in total. The molecule has 0 aliphatic carbocycles. The minimum absolute atomic E-state index is 0.480. The number of nitrogens with one attached hydrogen (secondary N) is 2. The molecule has 0 fully saturated rings. The molecule has 0 aromatic heterocycles. The molecule has 0 bridgehead atoms. The van der Waals surface area contributed by atoms with E-state index in [1.165, 1.54) is 4.90 Å². The number of carboxylic acid groups (broad SMARTS) is 1. The van der Waals surface area contributed by atoms with Crippen LogP contribution >= 0.6 is 0 Å². The van der Waals surface area contributed by atoms with Crippen LogP contribution in [0, 0.1) is 0 Å². The first-order chi connectivity index (χ1) is 16.8. The molecule has 172 valence electrons. The maximum atomic E-state index is 12.3. The van der Waals surface area contributed by atoms with Gasteiger partial charge in [0.1, 0.15) is 0 Å². The van der Waals surface area contributed by atoms with Crippen molar-refractivity contribution in [2.45, 2.75) is 0 Å². The van der Waals surface area contributed by atoms with E-state index in [-0.39, 0.29) is 0 Å². The fraction of sp³-hybridized carbons (Fsp3) is 0. The van der Waals surface area contributed by atoms with Crippen LogP contribution in [0.25, 0.3) is 0 Å². The summed E-state index contributed by atoms with van der Waals surface area (Å²) in [6.07, 6.45) is 46.3. The van der Waals surface area contributed by atoms with Gasteiger partial charge in [-0.15, -0.1) is 0 Å². The summed E-state index contributed by atoms with van der Waals surface area (Å²) in [4.78, 5) is 13.6. The Balaban J connectivity index is 2.46. The standard InChI is InChI=1S/C29H29N3O2/c33-29(34)32(27-19-11-7-3-1-5-9-15-23-30-25-17-13-21-27)28-20-12-8-4-2-6-10-16-24-31-26-18-14-22-28/h1-26,30-31H,(H,33,34)/b3-1-,4-2-,9-5+,10-6+,11-7+,12-8+,21-13?,22-14?,23-15+,24-16+,25-17+,26-18+,27-19?,28-20?. The van der Waals surface area contributed by atoms with Crippen molar-refractivity contribution in [1.29, 1.82) is 0 Å². The third-order valence-electron chi connectivity index (χ3n) is 4.10. The zero-order valence-electron chi connectivity index (χ0n) is 18.8. The molecule has 0 spiro atoms. The number of carbonyl (C=O) groups is 1. The van der Waals surface area contributed by atoms with Crippen LogP contribution in [0.15, 0.2) is 170 Å². The molecule has 2 heterocycles. The largest absolute Gasteiger partial charge is 0.464 e. The van der Waals surface area contributed by atoms with E-state index in [9.17, 15) is 9.90 Å². The fourth-order valence-electron chi connectivity index (χ4n) is 2.59. The van der Waals surface area contributed by atoms with E-state index in [0.717, 1.165) is 0 Å². The molecule has 0 aromatic rings. The van der Waals surface area contributed by atoms with Gasteiger partial charge in [0, 0.05) is 24.8 Å². The monoisotopic (exact) mass is 451 g/mol. The Morgan fingerprint density at radius 3 is 1.21 bits per heavy atom. The number of hydrogen-bond donors (Lipinski definition) is 3. The Kier molecular flexibility index (Phi) is 12.6. The first-order valence-electron chi connectivity index (χ1n) is 10.7. The normalized spacial score (nSPS) is 25.9. The van der Waals surface area contributed by atoms with Crippen molar-refractivity contribution < 1.29 is 9.90 Å². The second kappa shape index (κ2) is 16.9. The molecule has 1 amide bonds. The number of allylic oxidation sites excluding steroid dienone is 22. The van der Waals surface area contributed by atoms with E-state index in [4.69, 9.17) is 0 Å². The molecule has 5 heteroatoms. The van der Waals surface area contributed by atoms with Crippen molar-refractivity contribution in [3.05, 3.63) is 170 Å². The second-order valence-electron chi connectivity index (χ2n) is 6.60. The lowest BCUT2D eigenvalue weighted by molar-refractivity contribution is 0.171. The fourth-order valence-corrected chi connectivity index (χ4v) is 2.59. The van der Waals surface area contributed by atoms with Gasteiger partial charge in [-0.25, -0.2) is 9.69 Å². The van der Waals surface area contributed by atoms with Crippen molar-refractivity contribution in [3.8, 4) is 0 Å². The third kappa shape index (κ3) is 11.0. The van der Waals surface area contributed by atoms with E-state index in [0.29, 0.717) is 11.4 Å². The van der Waals surface area contributed by atoms with Crippen LogP contribution in [0.2, 0.25) is 0 Å². The number of hydrogen-bond acceptors (Lipinski definition) is 3. The first-order valence-corrected chi connectivity index (χ1v) is 10.7. The van der Waals surface area contributed by atoms with E-state index < -0.39 is 6.09 Å². The van der Waals surface area contributed by atoms with E-state index >= 15 is 0 Å². The summed E-state index contributed by atoms with van der Waals surface area (Å²) >= 11 is 0. The van der Waals surface area contributed by atoms with Crippen LogP contribution in [0.5, 0.6) is 0 Å². The summed E-state index contributed by atoms with van der Waals surface area (Å²) in [5.74, 6) is 0. The molecule has 0 saturated heterocycles. The molecule has 0 radical (unpaired) electrons. The average molecular weight is 452 g/mol. The predicted octanol–water partition coefficient (Wildman–Crippen LogP) is 6.45. The van der Waals surface area contributed by atoms with Crippen LogP contribution in [0.4, 0.5) is 4.79 Å². The third-order valence-corrected chi connectivity index (χ3v) is 4.10. The van der Waals surface area contributed by atoms with Gasteiger partial charge < -0.3 is 15.7 Å². The second-order valence-corrected chi connectivity index (χ2v) is 6.60. The minimum Gasteiger partial charge on any atom is -0.464 e. The van der Waals surface area contributed by atoms with Gasteiger partial charge in [-0.05, 0) is 48.6 Å². The van der Waals surface area contributed by atoms with Crippen molar-refractivity contribution in [1.82, 2.24) is 15.5 Å². The Morgan fingerprint density at radius 2 is 0.824 bits per heavy atom. The Hall–Kier alpha value is -4.77. The number of rotatable bonds is 2. The lowest BCUT2D eigenvalue weighted by atomic mass is 10.2. The highest BCUT2D eigenvalue weighted by Gasteiger charge is 2.17. The summed E-state index contributed by atoms with van der Waals surface area (Å²) in [5.41, 5.74) is 0.960. The van der Waals surface area contributed by atoms with Crippen LogP contribution < -0.4 is 10.6 Å². The maximum absolute atomic E-state index is 12.3. The van der Waals surface area contributed by atoms with Gasteiger partial charge in [0.15, 0.2) is 0 Å². The van der Waals surface area contributed by atoms with E-state index in [2.05, 4.69) is 10.6 Å². The van der Waals surface area contributed by atoms with Crippen molar-refractivity contribution in [3.63, 3.8) is 0 Å². The maximum Gasteiger partial charge on any atom is 0.416 e. The molecule has 2 aliphatic rings. The first kappa shape index (κ1) is 25.5. The van der Waals surface area contributed by atoms with E-state index in [1.807, 2.05) is 72.9 Å². The smallest absolute Gasteiger partial charge is 0.416 e.